The molecule has 0 aliphatic heterocycles. The fraction of sp³-hybridized carbons (Fsp3) is 0.200. The Bertz CT molecular complexity index is 1890. The van der Waals surface area contributed by atoms with Crippen molar-refractivity contribution < 1.29 is 0 Å². The molecule has 0 radical (unpaired) electrons. The van der Waals surface area contributed by atoms with Crippen LogP contribution in [0.3, 0.4) is 0 Å². The van der Waals surface area contributed by atoms with Crippen LogP contribution in [0.5, 0.6) is 0 Å². The first kappa shape index (κ1) is 26.3. The molecule has 1 atom stereocenters. The highest BCUT2D eigenvalue weighted by molar-refractivity contribution is 5.87. The molecule has 0 bridgehead atoms. The van der Waals surface area contributed by atoms with Crippen molar-refractivity contribution in [1.82, 2.24) is 9.97 Å². The second-order valence-corrected chi connectivity index (χ2v) is 11.9. The number of nitrogens with zero attached hydrogens (tertiary/aromatic N) is 2. The topological polar surface area (TPSA) is 25.8 Å². The van der Waals surface area contributed by atoms with Crippen LogP contribution in [0.4, 0.5) is 0 Å². The van der Waals surface area contributed by atoms with E-state index in [1.807, 2.05) is 6.20 Å². The summed E-state index contributed by atoms with van der Waals surface area (Å²) in [6.07, 6.45) is 8.21. The first-order chi connectivity index (χ1) is 20.6. The van der Waals surface area contributed by atoms with Gasteiger partial charge in [-0.25, -0.2) is 4.98 Å². The summed E-state index contributed by atoms with van der Waals surface area (Å²) in [5.74, 6) is 0. The van der Waals surface area contributed by atoms with Crippen LogP contribution in [0, 0.1) is 0 Å². The quantitative estimate of drug-likeness (QED) is 0.178. The van der Waals surface area contributed by atoms with Gasteiger partial charge in [0.05, 0.1) is 17.1 Å². The van der Waals surface area contributed by atoms with Crippen LogP contribution in [0.2, 0.25) is 0 Å². The Morgan fingerprint density at radius 2 is 1.29 bits per heavy atom. The first-order valence-corrected chi connectivity index (χ1v) is 15.3. The zero-order valence-corrected chi connectivity index (χ0v) is 24.5. The SMILES string of the molecule is CCCCCCC1(C)c2ccccc2-c2ccc(-c3cc(-c4ccccc4)nc(-c4cc5ccccc5cn4)c3)cc21. The highest BCUT2D eigenvalue weighted by atomic mass is 14.8. The van der Waals surface area contributed by atoms with Crippen LogP contribution in [0.1, 0.15) is 57.1 Å². The lowest BCUT2D eigenvalue weighted by molar-refractivity contribution is 0.487. The number of unbranched alkanes of at least 4 members (excludes halogenated alkanes) is 3. The Morgan fingerprint density at radius 1 is 0.548 bits per heavy atom. The second kappa shape index (κ2) is 11.0. The average Bonchev–Trinajstić information content (AvgIpc) is 3.30. The summed E-state index contributed by atoms with van der Waals surface area (Å²) in [7, 11) is 0. The maximum absolute atomic E-state index is 5.14. The number of hydrogen-bond acceptors (Lipinski definition) is 2. The molecule has 7 rings (SSSR count). The van der Waals surface area contributed by atoms with E-state index in [1.54, 1.807) is 0 Å². The van der Waals surface area contributed by atoms with Crippen LogP contribution in [0.25, 0.3) is 55.7 Å². The van der Waals surface area contributed by atoms with E-state index in [2.05, 4.69) is 129 Å². The van der Waals surface area contributed by atoms with E-state index < -0.39 is 0 Å². The monoisotopic (exact) mass is 544 g/mol. The summed E-state index contributed by atoms with van der Waals surface area (Å²) in [5, 5.41) is 2.31. The fourth-order valence-electron chi connectivity index (χ4n) is 6.74. The first-order valence-electron chi connectivity index (χ1n) is 15.3. The van der Waals surface area contributed by atoms with Gasteiger partial charge < -0.3 is 0 Å². The predicted molar refractivity (Wildman–Crippen MR) is 176 cm³/mol. The van der Waals surface area contributed by atoms with Gasteiger partial charge >= 0.3 is 0 Å². The molecule has 1 unspecified atom stereocenters. The average molecular weight is 545 g/mol. The van der Waals surface area contributed by atoms with Gasteiger partial charge in [0.2, 0.25) is 0 Å². The van der Waals surface area contributed by atoms with E-state index in [0.29, 0.717) is 0 Å². The molecule has 42 heavy (non-hydrogen) atoms. The van der Waals surface area contributed by atoms with Crippen molar-refractivity contribution in [2.45, 2.75) is 51.4 Å². The molecule has 0 fully saturated rings. The lowest BCUT2D eigenvalue weighted by Gasteiger charge is -2.28. The summed E-state index contributed by atoms with van der Waals surface area (Å²) in [6, 6.07) is 41.6. The highest BCUT2D eigenvalue weighted by Gasteiger charge is 2.38. The molecule has 0 saturated carbocycles. The maximum Gasteiger partial charge on any atom is 0.0900 e. The Kier molecular flexibility index (Phi) is 6.91. The third-order valence-corrected chi connectivity index (χ3v) is 9.08. The lowest BCUT2D eigenvalue weighted by Crippen LogP contribution is -2.20. The molecule has 1 aliphatic rings. The largest absolute Gasteiger partial charge is 0.254 e. The van der Waals surface area contributed by atoms with Gasteiger partial charge in [0.1, 0.15) is 0 Å². The van der Waals surface area contributed by atoms with Crippen molar-refractivity contribution in [3.63, 3.8) is 0 Å². The van der Waals surface area contributed by atoms with Crippen molar-refractivity contribution in [3.05, 3.63) is 133 Å². The smallest absolute Gasteiger partial charge is 0.0900 e. The Morgan fingerprint density at radius 3 is 2.14 bits per heavy atom. The summed E-state index contributed by atoms with van der Waals surface area (Å²) in [4.78, 5) is 9.98. The van der Waals surface area contributed by atoms with Crippen molar-refractivity contribution in [2.24, 2.45) is 0 Å². The van der Waals surface area contributed by atoms with Crippen LogP contribution >= 0.6 is 0 Å². The van der Waals surface area contributed by atoms with Gasteiger partial charge in [0.25, 0.3) is 0 Å². The van der Waals surface area contributed by atoms with Crippen molar-refractivity contribution >= 4 is 10.8 Å². The van der Waals surface area contributed by atoms with Gasteiger partial charge in [0, 0.05) is 22.6 Å². The summed E-state index contributed by atoms with van der Waals surface area (Å²) < 4.78 is 0. The third kappa shape index (κ3) is 4.71. The Hall–Kier alpha value is -4.56. The summed E-state index contributed by atoms with van der Waals surface area (Å²) in [5.41, 5.74) is 11.9. The molecule has 2 heterocycles. The molecule has 2 heteroatoms. The van der Waals surface area contributed by atoms with E-state index in [-0.39, 0.29) is 5.41 Å². The zero-order chi connectivity index (χ0) is 28.5. The molecule has 0 saturated heterocycles. The fourth-order valence-corrected chi connectivity index (χ4v) is 6.74. The summed E-state index contributed by atoms with van der Waals surface area (Å²) >= 11 is 0. The molecule has 4 aromatic carbocycles. The number of fused-ring (bicyclic) bond motifs is 4. The summed E-state index contributed by atoms with van der Waals surface area (Å²) in [6.45, 7) is 4.74. The van der Waals surface area contributed by atoms with E-state index in [9.17, 15) is 0 Å². The molecular weight excluding hydrogens is 508 g/mol. The Balaban J connectivity index is 1.37. The van der Waals surface area contributed by atoms with Gasteiger partial charge in [-0.15, -0.1) is 0 Å². The van der Waals surface area contributed by atoms with Crippen molar-refractivity contribution in [3.8, 4) is 44.9 Å². The van der Waals surface area contributed by atoms with Crippen molar-refractivity contribution in [1.29, 1.82) is 0 Å². The Labute approximate surface area is 249 Å². The molecule has 6 aromatic rings. The minimum Gasteiger partial charge on any atom is -0.254 e. The van der Waals surface area contributed by atoms with Crippen molar-refractivity contribution in [2.75, 3.05) is 0 Å². The molecule has 0 spiro atoms. The van der Waals surface area contributed by atoms with Gasteiger partial charge in [-0.2, -0.15) is 0 Å². The second-order valence-electron chi connectivity index (χ2n) is 11.9. The normalized spacial score (nSPS) is 15.5. The molecule has 206 valence electrons. The highest BCUT2D eigenvalue weighted by Crippen LogP contribution is 2.52. The lowest BCUT2D eigenvalue weighted by atomic mass is 9.75. The molecular formula is C40H36N2. The molecule has 0 amide bonds. The van der Waals surface area contributed by atoms with Crippen LogP contribution < -0.4 is 0 Å². The van der Waals surface area contributed by atoms with E-state index in [4.69, 9.17) is 9.97 Å². The number of rotatable bonds is 8. The molecule has 0 N–H and O–H groups in total. The predicted octanol–water partition coefficient (Wildman–Crippen LogP) is 10.9. The van der Waals surface area contributed by atoms with E-state index >= 15 is 0 Å². The van der Waals surface area contributed by atoms with Crippen LogP contribution in [-0.2, 0) is 5.41 Å². The van der Waals surface area contributed by atoms with E-state index in [0.717, 1.165) is 28.0 Å². The van der Waals surface area contributed by atoms with Gasteiger partial charge in [-0.3, -0.25) is 4.98 Å². The minimum atomic E-state index is 0.00764. The standard InChI is InChI=1S/C40H36N2/c1-3-4-5-13-22-40(2)35-19-12-11-18-33(35)34-21-20-30(23-36(34)40)32-25-37(28-14-7-6-8-15-28)42-39(26-32)38-24-29-16-9-10-17-31(29)27-41-38/h6-12,14-21,23-27H,3-5,13,22H2,1-2H3. The van der Waals surface area contributed by atoms with E-state index in [1.165, 1.54) is 70.9 Å². The van der Waals surface area contributed by atoms with Gasteiger partial charge in [-0.1, -0.05) is 131 Å². The molecule has 2 aromatic heterocycles. The minimum absolute atomic E-state index is 0.00764. The number of pyridine rings is 2. The maximum atomic E-state index is 5.14. The van der Waals surface area contributed by atoms with Gasteiger partial charge in [-0.05, 0) is 69.5 Å². The number of benzene rings is 4. The third-order valence-electron chi connectivity index (χ3n) is 9.08. The van der Waals surface area contributed by atoms with Gasteiger partial charge in [0.15, 0.2) is 0 Å². The molecule has 2 nitrogen and oxygen atoms in total. The number of hydrogen-bond donors (Lipinski definition) is 0. The molecule has 1 aliphatic carbocycles. The van der Waals surface area contributed by atoms with Crippen LogP contribution in [-0.4, -0.2) is 9.97 Å². The van der Waals surface area contributed by atoms with Crippen LogP contribution in [0.15, 0.2) is 121 Å². The zero-order valence-electron chi connectivity index (χ0n) is 24.5. The number of aromatic nitrogens is 2.